The molecule has 1 atom stereocenters. The van der Waals surface area contributed by atoms with Crippen LogP contribution in [-0.4, -0.2) is 4.57 Å². The Kier molecular flexibility index (Phi) is 7.84. The summed E-state index contributed by atoms with van der Waals surface area (Å²) in [6.07, 6.45) is 14.8. The van der Waals surface area contributed by atoms with Crippen molar-refractivity contribution >= 4 is 50.3 Å². The molecule has 7 aromatic carbocycles. The third-order valence-corrected chi connectivity index (χ3v) is 13.4. The smallest absolute Gasteiger partial charge is 0.139 e. The van der Waals surface area contributed by atoms with Crippen LogP contribution in [0.2, 0.25) is 0 Å². The Hall–Kier alpha value is -7.10. The van der Waals surface area contributed by atoms with Crippen molar-refractivity contribution in [2.75, 3.05) is 4.90 Å². The molecule has 3 heteroatoms. The second kappa shape index (κ2) is 13.5. The van der Waals surface area contributed by atoms with Crippen molar-refractivity contribution in [3.8, 4) is 27.9 Å². The zero-order valence-corrected chi connectivity index (χ0v) is 33.9. The SMILES string of the molecule is CC1(C)c2ccccc2-c2ccc(N(C3=CCC(c4cccc5c4oc4ccccc45)C=C3)c3ccc(-c4ccc(-n5c6c(c7ccccc75)CCC=C6)cc4)cc3)cc21. The molecule has 0 aliphatic heterocycles. The van der Waals surface area contributed by atoms with E-state index in [9.17, 15) is 0 Å². The molecule has 3 aliphatic rings. The zero-order valence-electron chi connectivity index (χ0n) is 33.9. The van der Waals surface area contributed by atoms with E-state index in [0.717, 1.165) is 41.8 Å². The first-order valence-electron chi connectivity index (χ1n) is 21.3. The third kappa shape index (κ3) is 5.35. The molecule has 60 heavy (non-hydrogen) atoms. The van der Waals surface area contributed by atoms with Gasteiger partial charge in [0.15, 0.2) is 0 Å². The minimum absolute atomic E-state index is 0.0979. The number of aryl methyl sites for hydroxylation is 1. The summed E-state index contributed by atoms with van der Waals surface area (Å²) in [4.78, 5) is 2.44. The predicted octanol–water partition coefficient (Wildman–Crippen LogP) is 15.2. The highest BCUT2D eigenvalue weighted by molar-refractivity contribution is 6.06. The summed E-state index contributed by atoms with van der Waals surface area (Å²) >= 11 is 0. The number of benzene rings is 7. The van der Waals surface area contributed by atoms with Gasteiger partial charge in [0.05, 0.1) is 5.52 Å². The van der Waals surface area contributed by atoms with Crippen LogP contribution in [0.25, 0.3) is 66.9 Å². The Bertz CT molecular complexity index is 3260. The van der Waals surface area contributed by atoms with E-state index >= 15 is 0 Å². The van der Waals surface area contributed by atoms with Gasteiger partial charge in [0.2, 0.25) is 0 Å². The number of aromatic nitrogens is 1. The van der Waals surface area contributed by atoms with Gasteiger partial charge in [0.1, 0.15) is 11.2 Å². The van der Waals surface area contributed by atoms with Crippen LogP contribution < -0.4 is 4.90 Å². The summed E-state index contributed by atoms with van der Waals surface area (Å²) in [6, 6.07) is 57.9. The van der Waals surface area contributed by atoms with Crippen molar-refractivity contribution in [1.82, 2.24) is 4.57 Å². The van der Waals surface area contributed by atoms with E-state index < -0.39 is 0 Å². The van der Waals surface area contributed by atoms with Gasteiger partial charge in [0.25, 0.3) is 0 Å². The maximum atomic E-state index is 6.48. The van der Waals surface area contributed by atoms with Gasteiger partial charge in [-0.05, 0) is 119 Å². The lowest BCUT2D eigenvalue weighted by molar-refractivity contribution is 0.657. The molecule has 12 rings (SSSR count). The van der Waals surface area contributed by atoms with Gasteiger partial charge in [-0.1, -0.05) is 141 Å². The molecule has 0 fully saturated rings. The Morgan fingerprint density at radius 3 is 2.18 bits per heavy atom. The quantitative estimate of drug-likeness (QED) is 0.168. The Morgan fingerprint density at radius 2 is 1.35 bits per heavy atom. The molecule has 0 bridgehead atoms. The molecule has 2 heterocycles. The van der Waals surface area contributed by atoms with Gasteiger partial charge in [-0.15, -0.1) is 0 Å². The van der Waals surface area contributed by atoms with E-state index in [1.54, 1.807) is 0 Å². The lowest BCUT2D eigenvalue weighted by Gasteiger charge is -2.31. The molecule has 9 aromatic rings. The summed E-state index contributed by atoms with van der Waals surface area (Å²) < 4.78 is 8.91. The summed E-state index contributed by atoms with van der Waals surface area (Å²) in [5.41, 5.74) is 19.6. The van der Waals surface area contributed by atoms with Crippen molar-refractivity contribution in [2.24, 2.45) is 0 Å². The topological polar surface area (TPSA) is 21.3 Å². The zero-order chi connectivity index (χ0) is 40.0. The van der Waals surface area contributed by atoms with Crippen molar-refractivity contribution in [2.45, 2.75) is 44.4 Å². The number of allylic oxidation sites excluding steroid dienone is 4. The second-order valence-electron chi connectivity index (χ2n) is 17.1. The fourth-order valence-corrected chi connectivity index (χ4v) is 10.4. The van der Waals surface area contributed by atoms with Gasteiger partial charge in [0, 0.05) is 61.5 Å². The van der Waals surface area contributed by atoms with Crippen molar-refractivity contribution < 1.29 is 4.42 Å². The van der Waals surface area contributed by atoms with E-state index in [4.69, 9.17) is 4.42 Å². The van der Waals surface area contributed by atoms with E-state index in [-0.39, 0.29) is 11.3 Å². The van der Waals surface area contributed by atoms with Gasteiger partial charge in [-0.3, -0.25) is 0 Å². The number of nitrogens with zero attached hydrogens (tertiary/aromatic N) is 2. The molecule has 0 amide bonds. The number of anilines is 2. The van der Waals surface area contributed by atoms with Crippen LogP contribution >= 0.6 is 0 Å². The molecular weight excluding hydrogens is 729 g/mol. The summed E-state index contributed by atoms with van der Waals surface area (Å²) in [6.45, 7) is 4.72. The lowest BCUT2D eigenvalue weighted by atomic mass is 9.82. The van der Waals surface area contributed by atoms with Gasteiger partial charge >= 0.3 is 0 Å². The number of para-hydroxylation sites is 3. The van der Waals surface area contributed by atoms with Crippen LogP contribution in [0.3, 0.4) is 0 Å². The number of fused-ring (bicyclic) bond motifs is 9. The summed E-state index contributed by atoms with van der Waals surface area (Å²) in [7, 11) is 0. The minimum atomic E-state index is -0.0979. The second-order valence-corrected chi connectivity index (χ2v) is 17.1. The maximum Gasteiger partial charge on any atom is 0.139 e. The molecule has 3 nitrogen and oxygen atoms in total. The highest BCUT2D eigenvalue weighted by Gasteiger charge is 2.36. The largest absolute Gasteiger partial charge is 0.456 e. The molecule has 0 spiro atoms. The van der Waals surface area contributed by atoms with Gasteiger partial charge in [-0.25, -0.2) is 0 Å². The van der Waals surface area contributed by atoms with Gasteiger partial charge in [-0.2, -0.15) is 0 Å². The first kappa shape index (κ1) is 34.9. The van der Waals surface area contributed by atoms with E-state index in [2.05, 4.69) is 205 Å². The lowest BCUT2D eigenvalue weighted by Crippen LogP contribution is -2.19. The molecule has 0 N–H and O–H groups in total. The molecule has 0 saturated heterocycles. The molecular formula is C57H44N2O. The number of rotatable bonds is 6. The van der Waals surface area contributed by atoms with Crippen molar-refractivity contribution in [1.29, 1.82) is 0 Å². The maximum absolute atomic E-state index is 6.48. The van der Waals surface area contributed by atoms with Gasteiger partial charge < -0.3 is 13.9 Å². The first-order chi connectivity index (χ1) is 29.5. The van der Waals surface area contributed by atoms with Crippen LogP contribution in [0.15, 0.2) is 192 Å². The number of hydrogen-bond acceptors (Lipinski definition) is 2. The van der Waals surface area contributed by atoms with Crippen LogP contribution in [0, 0.1) is 0 Å². The standard InChI is InChI=1S/C57H44N2O/c1-57(2)51-18-7-3-12-45(51)46-35-34-43(36-52(46)57)58(41-32-26-39(27-33-41)44-16-11-17-50-49-15-6-10-21-55(49)60-56(44)50)40-28-22-37(23-29-40)38-24-30-42(31-25-38)59-53-19-8-4-13-47(53)48-14-5-9-20-54(48)59/h3-4,6-13,15-26,28-36,39H,5,14,27H2,1-2H3. The molecule has 0 saturated carbocycles. The molecule has 3 aliphatic carbocycles. The highest BCUT2D eigenvalue weighted by atomic mass is 16.3. The fourth-order valence-electron chi connectivity index (χ4n) is 10.4. The number of hydrogen-bond donors (Lipinski definition) is 0. The summed E-state index contributed by atoms with van der Waals surface area (Å²) in [5, 5.41) is 3.71. The Balaban J connectivity index is 0.903. The third-order valence-electron chi connectivity index (χ3n) is 13.4. The van der Waals surface area contributed by atoms with Crippen LogP contribution in [0.5, 0.6) is 0 Å². The van der Waals surface area contributed by atoms with Crippen molar-refractivity contribution in [3.63, 3.8) is 0 Å². The first-order valence-corrected chi connectivity index (χ1v) is 21.3. The fraction of sp³-hybridized carbons (Fsp3) is 0.123. The molecule has 1 unspecified atom stereocenters. The Labute approximate surface area is 350 Å². The normalized spacial score (nSPS) is 16.2. The van der Waals surface area contributed by atoms with E-state index in [1.807, 2.05) is 6.07 Å². The average Bonchev–Trinajstić information content (AvgIpc) is 3.93. The summed E-state index contributed by atoms with van der Waals surface area (Å²) in [5.74, 6) is 0.213. The van der Waals surface area contributed by atoms with Crippen LogP contribution in [0.1, 0.15) is 60.6 Å². The van der Waals surface area contributed by atoms with Crippen molar-refractivity contribution in [3.05, 3.63) is 216 Å². The molecule has 0 radical (unpaired) electrons. The monoisotopic (exact) mass is 772 g/mol. The Morgan fingerprint density at radius 1 is 0.633 bits per heavy atom. The highest BCUT2D eigenvalue weighted by Crippen LogP contribution is 2.50. The van der Waals surface area contributed by atoms with E-state index in [1.165, 1.54) is 83.3 Å². The van der Waals surface area contributed by atoms with Crippen LogP contribution in [0.4, 0.5) is 11.4 Å². The number of furan rings is 1. The molecule has 288 valence electrons. The van der Waals surface area contributed by atoms with E-state index in [0.29, 0.717) is 0 Å². The average molecular weight is 773 g/mol. The minimum Gasteiger partial charge on any atom is -0.456 e. The predicted molar refractivity (Wildman–Crippen MR) is 251 cm³/mol. The van der Waals surface area contributed by atoms with Crippen LogP contribution in [-0.2, 0) is 11.8 Å². The molecule has 2 aromatic heterocycles.